The van der Waals surface area contributed by atoms with Crippen LogP contribution in [0, 0.1) is 0 Å². The average Bonchev–Trinajstić information content (AvgIpc) is 2.99. The van der Waals surface area contributed by atoms with E-state index in [-0.39, 0.29) is 0 Å². The lowest BCUT2D eigenvalue weighted by molar-refractivity contribution is 1.27. The molecule has 21 heavy (non-hydrogen) atoms. The fraction of sp³-hybridized carbons (Fsp3) is 0. The highest BCUT2D eigenvalue weighted by Gasteiger charge is 2.20. The van der Waals surface area contributed by atoms with E-state index >= 15 is 0 Å². The summed E-state index contributed by atoms with van der Waals surface area (Å²) in [6.45, 7) is 0. The molecule has 0 aromatic heterocycles. The van der Waals surface area contributed by atoms with E-state index in [9.17, 15) is 0 Å². The highest BCUT2D eigenvalue weighted by atomic mass is 32.2. The molecule has 2 aliphatic heterocycles. The van der Waals surface area contributed by atoms with E-state index < -0.39 is 0 Å². The van der Waals surface area contributed by atoms with Crippen LogP contribution in [0.3, 0.4) is 0 Å². The fourth-order valence-electron chi connectivity index (χ4n) is 2.28. The largest absolute Gasteiger partial charge is 0.106 e. The van der Waals surface area contributed by atoms with Crippen molar-refractivity contribution < 1.29 is 0 Å². The SMILES string of the molecule is C1=CC(=C2Sc3ccc(-c4ccccc4)cc3S2)C=CS1. The highest BCUT2D eigenvalue weighted by molar-refractivity contribution is 8.24. The summed E-state index contributed by atoms with van der Waals surface area (Å²) in [5.74, 6) is 0. The summed E-state index contributed by atoms with van der Waals surface area (Å²) in [6, 6.07) is 17.3. The Hall–Kier alpha value is -1.29. The van der Waals surface area contributed by atoms with Crippen molar-refractivity contribution in [2.24, 2.45) is 0 Å². The molecule has 0 aliphatic carbocycles. The molecule has 0 spiro atoms. The maximum absolute atomic E-state index is 2.31. The normalized spacial score (nSPS) is 16.4. The molecule has 0 nitrogen and oxygen atoms in total. The molecule has 102 valence electrons. The molecule has 2 aliphatic rings. The van der Waals surface area contributed by atoms with Crippen LogP contribution in [0.1, 0.15) is 0 Å². The Labute approximate surface area is 137 Å². The van der Waals surface area contributed by atoms with Crippen molar-refractivity contribution >= 4 is 35.3 Å². The van der Waals surface area contributed by atoms with E-state index in [0.29, 0.717) is 0 Å². The zero-order valence-electron chi connectivity index (χ0n) is 11.2. The van der Waals surface area contributed by atoms with Gasteiger partial charge in [0, 0.05) is 9.79 Å². The average molecular weight is 324 g/mol. The number of fused-ring (bicyclic) bond motifs is 1. The lowest BCUT2D eigenvalue weighted by Crippen LogP contribution is -1.78. The number of rotatable bonds is 1. The molecule has 2 aromatic carbocycles. The first-order valence-corrected chi connectivity index (χ1v) is 9.26. The first-order valence-electron chi connectivity index (χ1n) is 6.68. The molecule has 4 rings (SSSR count). The Bertz CT molecular complexity index is 756. The van der Waals surface area contributed by atoms with E-state index in [1.54, 1.807) is 11.8 Å². The molecular weight excluding hydrogens is 312 g/mol. The summed E-state index contributed by atoms with van der Waals surface area (Å²) in [6.07, 6.45) is 4.40. The molecule has 0 fully saturated rings. The van der Waals surface area contributed by atoms with Gasteiger partial charge in [-0.25, -0.2) is 0 Å². The zero-order chi connectivity index (χ0) is 14.1. The van der Waals surface area contributed by atoms with E-state index in [0.717, 1.165) is 0 Å². The summed E-state index contributed by atoms with van der Waals surface area (Å²) in [5, 5.41) is 4.28. The van der Waals surface area contributed by atoms with Crippen molar-refractivity contribution in [2.45, 2.75) is 9.79 Å². The molecule has 3 heteroatoms. The lowest BCUT2D eigenvalue weighted by Gasteiger charge is -2.03. The molecule has 0 atom stereocenters. The van der Waals surface area contributed by atoms with Gasteiger partial charge in [-0.1, -0.05) is 59.9 Å². The van der Waals surface area contributed by atoms with Gasteiger partial charge in [0.2, 0.25) is 0 Å². The summed E-state index contributed by atoms with van der Waals surface area (Å²) < 4.78 is 1.38. The highest BCUT2D eigenvalue weighted by Crippen LogP contribution is 2.53. The summed E-state index contributed by atoms with van der Waals surface area (Å²) >= 11 is 5.49. The van der Waals surface area contributed by atoms with E-state index in [1.165, 1.54) is 30.7 Å². The topological polar surface area (TPSA) is 0 Å². The maximum Gasteiger partial charge on any atom is 0.0572 e. The van der Waals surface area contributed by atoms with Gasteiger partial charge >= 0.3 is 0 Å². The Morgan fingerprint density at radius 1 is 0.667 bits per heavy atom. The quantitative estimate of drug-likeness (QED) is 0.584. The third kappa shape index (κ3) is 2.73. The minimum Gasteiger partial charge on any atom is -0.106 e. The fourth-order valence-corrected chi connectivity index (χ4v) is 5.34. The van der Waals surface area contributed by atoms with Crippen LogP contribution in [-0.4, -0.2) is 0 Å². The van der Waals surface area contributed by atoms with Crippen molar-refractivity contribution in [1.82, 2.24) is 0 Å². The number of thioether (sulfide) groups is 3. The second-order valence-electron chi connectivity index (χ2n) is 4.72. The van der Waals surface area contributed by atoms with Gasteiger partial charge in [-0.15, -0.1) is 11.8 Å². The molecule has 0 amide bonds. The van der Waals surface area contributed by atoms with Crippen LogP contribution in [0.2, 0.25) is 0 Å². The van der Waals surface area contributed by atoms with Crippen LogP contribution < -0.4 is 0 Å². The molecule has 0 saturated carbocycles. The monoisotopic (exact) mass is 324 g/mol. The van der Waals surface area contributed by atoms with E-state index in [4.69, 9.17) is 0 Å². The Morgan fingerprint density at radius 2 is 1.43 bits per heavy atom. The number of allylic oxidation sites excluding steroid dienone is 3. The van der Waals surface area contributed by atoms with Crippen molar-refractivity contribution in [1.29, 1.82) is 0 Å². The predicted molar refractivity (Wildman–Crippen MR) is 96.5 cm³/mol. The summed E-state index contributed by atoms with van der Waals surface area (Å²) in [7, 11) is 0. The van der Waals surface area contributed by atoms with Crippen LogP contribution in [-0.2, 0) is 0 Å². The van der Waals surface area contributed by atoms with Gasteiger partial charge < -0.3 is 0 Å². The minimum absolute atomic E-state index is 1.28. The second-order valence-corrected chi connectivity index (χ2v) is 7.90. The van der Waals surface area contributed by atoms with E-state index in [2.05, 4.69) is 71.5 Å². The van der Waals surface area contributed by atoms with Gasteiger partial charge in [0.15, 0.2) is 0 Å². The molecule has 2 aromatic rings. The van der Waals surface area contributed by atoms with Crippen LogP contribution in [0.15, 0.2) is 91.1 Å². The molecule has 0 saturated heterocycles. The van der Waals surface area contributed by atoms with Gasteiger partial charge in [-0.2, -0.15) is 0 Å². The smallest absolute Gasteiger partial charge is 0.0572 e. The van der Waals surface area contributed by atoms with Crippen molar-refractivity contribution in [3.05, 3.63) is 81.3 Å². The first-order chi connectivity index (χ1) is 10.4. The van der Waals surface area contributed by atoms with Crippen LogP contribution >= 0.6 is 35.3 Å². The van der Waals surface area contributed by atoms with Gasteiger partial charge in [0.1, 0.15) is 0 Å². The molecule has 2 heterocycles. The van der Waals surface area contributed by atoms with Crippen molar-refractivity contribution in [3.8, 4) is 11.1 Å². The zero-order valence-corrected chi connectivity index (χ0v) is 13.6. The Balaban J connectivity index is 1.70. The second kappa shape index (κ2) is 5.84. The first kappa shape index (κ1) is 13.4. The van der Waals surface area contributed by atoms with Crippen LogP contribution in [0.25, 0.3) is 11.1 Å². The Morgan fingerprint density at radius 3 is 2.24 bits per heavy atom. The van der Waals surface area contributed by atoms with Gasteiger partial charge in [0.05, 0.1) is 4.24 Å². The summed E-state index contributed by atoms with van der Waals surface area (Å²) in [4.78, 5) is 2.73. The summed E-state index contributed by atoms with van der Waals surface area (Å²) in [5.41, 5.74) is 3.89. The van der Waals surface area contributed by atoms with Crippen LogP contribution in [0.4, 0.5) is 0 Å². The molecule has 0 N–H and O–H groups in total. The van der Waals surface area contributed by atoms with Gasteiger partial charge in [-0.3, -0.25) is 0 Å². The van der Waals surface area contributed by atoms with Crippen LogP contribution in [0.5, 0.6) is 0 Å². The molecule has 0 bridgehead atoms. The number of hydrogen-bond acceptors (Lipinski definition) is 3. The van der Waals surface area contributed by atoms with E-state index in [1.807, 2.05) is 23.5 Å². The number of benzene rings is 2. The predicted octanol–water partition coefficient (Wildman–Crippen LogP) is 6.54. The third-order valence-corrected chi connectivity index (χ3v) is 6.54. The Kier molecular flexibility index (Phi) is 3.72. The van der Waals surface area contributed by atoms with Gasteiger partial charge in [-0.05, 0) is 51.8 Å². The minimum atomic E-state index is 1.28. The lowest BCUT2D eigenvalue weighted by atomic mass is 10.1. The van der Waals surface area contributed by atoms with Crippen molar-refractivity contribution in [3.63, 3.8) is 0 Å². The van der Waals surface area contributed by atoms with Crippen molar-refractivity contribution in [2.75, 3.05) is 0 Å². The molecule has 0 unspecified atom stereocenters. The van der Waals surface area contributed by atoms with Gasteiger partial charge in [0.25, 0.3) is 0 Å². The maximum atomic E-state index is 2.31. The molecule has 0 radical (unpaired) electrons. The number of hydrogen-bond donors (Lipinski definition) is 0. The third-order valence-electron chi connectivity index (χ3n) is 3.34. The standard InChI is InChI=1S/C18H12S3/c1-2-4-13(5-3-1)15-6-7-16-17(12-15)21-18(20-16)14-8-10-19-11-9-14/h1-12H. The molecular formula is C18H12S3.